The lowest BCUT2D eigenvalue weighted by molar-refractivity contribution is -0.147. The van der Waals surface area contributed by atoms with E-state index in [4.69, 9.17) is 9.47 Å². The minimum absolute atomic E-state index is 0.180. The molecular weight excluding hydrogens is 180 g/mol. The average molecular weight is 202 g/mol. The molecule has 0 aromatic heterocycles. The number of rotatable bonds is 4. The predicted molar refractivity (Wildman–Crippen MR) is 55.3 cm³/mol. The van der Waals surface area contributed by atoms with Crippen molar-refractivity contribution in [1.82, 2.24) is 0 Å². The summed E-state index contributed by atoms with van der Waals surface area (Å²) in [6.07, 6.45) is 3.21. The van der Waals surface area contributed by atoms with Crippen molar-refractivity contribution in [3.63, 3.8) is 0 Å². The molecule has 1 saturated heterocycles. The third kappa shape index (κ3) is 3.56. The van der Waals surface area contributed by atoms with Crippen LogP contribution in [0.2, 0.25) is 0 Å². The largest absolute Gasteiger partial charge is 0.390 e. The minimum Gasteiger partial charge on any atom is -0.390 e. The van der Waals surface area contributed by atoms with E-state index >= 15 is 0 Å². The van der Waals surface area contributed by atoms with Crippen molar-refractivity contribution in [2.75, 3.05) is 20.3 Å². The average Bonchev–Trinajstić information content (AvgIpc) is 2.01. The predicted octanol–water partition coefficient (Wildman–Crippen LogP) is 1.73. The van der Waals surface area contributed by atoms with E-state index in [1.807, 2.05) is 13.8 Å². The summed E-state index contributed by atoms with van der Waals surface area (Å²) in [5.74, 6) is 0. The molecule has 1 N–H and O–H groups in total. The second kappa shape index (κ2) is 4.60. The van der Waals surface area contributed by atoms with Crippen molar-refractivity contribution in [2.45, 2.75) is 50.7 Å². The van der Waals surface area contributed by atoms with E-state index in [1.54, 1.807) is 7.11 Å². The molecule has 1 unspecified atom stereocenters. The number of hydrogen-bond acceptors (Lipinski definition) is 3. The van der Waals surface area contributed by atoms with Crippen LogP contribution in [0, 0.1) is 0 Å². The van der Waals surface area contributed by atoms with E-state index in [-0.39, 0.29) is 5.60 Å². The van der Waals surface area contributed by atoms with Gasteiger partial charge in [0.05, 0.1) is 17.8 Å². The van der Waals surface area contributed by atoms with Crippen molar-refractivity contribution in [3.05, 3.63) is 0 Å². The van der Waals surface area contributed by atoms with Gasteiger partial charge in [-0.05, 0) is 33.1 Å². The van der Waals surface area contributed by atoms with Gasteiger partial charge in [0.2, 0.25) is 0 Å². The summed E-state index contributed by atoms with van der Waals surface area (Å²) in [6, 6.07) is 0. The molecule has 0 bridgehead atoms. The van der Waals surface area contributed by atoms with Crippen LogP contribution in [0.1, 0.15) is 39.5 Å². The van der Waals surface area contributed by atoms with Gasteiger partial charge in [0, 0.05) is 20.1 Å². The highest BCUT2D eigenvalue weighted by Gasteiger charge is 2.38. The van der Waals surface area contributed by atoms with Crippen molar-refractivity contribution in [1.29, 1.82) is 0 Å². The van der Waals surface area contributed by atoms with Crippen LogP contribution >= 0.6 is 0 Å². The lowest BCUT2D eigenvalue weighted by Gasteiger charge is -2.41. The van der Waals surface area contributed by atoms with Crippen molar-refractivity contribution in [2.24, 2.45) is 0 Å². The van der Waals surface area contributed by atoms with Gasteiger partial charge in [0.15, 0.2) is 0 Å². The first kappa shape index (κ1) is 12.0. The van der Waals surface area contributed by atoms with E-state index in [9.17, 15) is 5.11 Å². The van der Waals surface area contributed by atoms with Gasteiger partial charge in [-0.3, -0.25) is 0 Å². The summed E-state index contributed by atoms with van der Waals surface area (Å²) in [5.41, 5.74) is -0.722. The molecule has 14 heavy (non-hydrogen) atoms. The van der Waals surface area contributed by atoms with Crippen LogP contribution in [0.3, 0.4) is 0 Å². The minimum atomic E-state index is -0.541. The molecule has 0 aromatic rings. The molecule has 3 heteroatoms. The molecule has 1 heterocycles. The van der Waals surface area contributed by atoms with Crippen LogP contribution in [-0.4, -0.2) is 36.6 Å². The SMILES string of the molecule is COCCCC1(O)CCOC(C)(C)C1. The summed E-state index contributed by atoms with van der Waals surface area (Å²) in [6.45, 7) is 5.46. The Kier molecular flexibility index (Phi) is 3.93. The highest BCUT2D eigenvalue weighted by atomic mass is 16.5. The fourth-order valence-corrected chi connectivity index (χ4v) is 2.21. The molecule has 1 aliphatic heterocycles. The molecule has 0 amide bonds. The maximum Gasteiger partial charge on any atom is 0.0697 e. The van der Waals surface area contributed by atoms with Crippen molar-refractivity contribution in [3.8, 4) is 0 Å². The first-order chi connectivity index (χ1) is 6.47. The lowest BCUT2D eigenvalue weighted by Crippen LogP contribution is -2.45. The van der Waals surface area contributed by atoms with Crippen molar-refractivity contribution < 1.29 is 14.6 Å². The van der Waals surface area contributed by atoms with Gasteiger partial charge < -0.3 is 14.6 Å². The summed E-state index contributed by atoms with van der Waals surface area (Å²) in [7, 11) is 1.69. The number of hydrogen-bond donors (Lipinski definition) is 1. The van der Waals surface area contributed by atoms with Crippen LogP contribution in [-0.2, 0) is 9.47 Å². The molecule has 0 aromatic carbocycles. The molecule has 1 fully saturated rings. The highest BCUT2D eigenvalue weighted by molar-refractivity contribution is 4.90. The van der Waals surface area contributed by atoms with Crippen LogP contribution in [0.15, 0.2) is 0 Å². The fraction of sp³-hybridized carbons (Fsp3) is 1.00. The molecular formula is C11H22O3. The number of ether oxygens (including phenoxy) is 2. The van der Waals surface area contributed by atoms with E-state index in [0.29, 0.717) is 6.61 Å². The zero-order valence-electron chi connectivity index (χ0n) is 9.51. The summed E-state index contributed by atoms with van der Waals surface area (Å²) < 4.78 is 10.6. The fourth-order valence-electron chi connectivity index (χ4n) is 2.21. The first-order valence-corrected chi connectivity index (χ1v) is 5.33. The maximum atomic E-state index is 10.3. The molecule has 0 radical (unpaired) electrons. The van der Waals surface area contributed by atoms with Gasteiger partial charge in [-0.2, -0.15) is 0 Å². The van der Waals surface area contributed by atoms with Crippen LogP contribution < -0.4 is 0 Å². The van der Waals surface area contributed by atoms with E-state index in [0.717, 1.165) is 32.3 Å². The molecule has 1 atom stereocenters. The van der Waals surface area contributed by atoms with Gasteiger partial charge in [0.25, 0.3) is 0 Å². The third-order valence-electron chi connectivity index (χ3n) is 2.81. The van der Waals surface area contributed by atoms with Gasteiger partial charge in [0.1, 0.15) is 0 Å². The van der Waals surface area contributed by atoms with Crippen LogP contribution in [0.25, 0.3) is 0 Å². The van der Waals surface area contributed by atoms with Gasteiger partial charge in [-0.1, -0.05) is 0 Å². The second-order valence-electron chi connectivity index (χ2n) is 4.86. The third-order valence-corrected chi connectivity index (χ3v) is 2.81. The molecule has 1 rings (SSSR count). The second-order valence-corrected chi connectivity index (χ2v) is 4.86. The van der Waals surface area contributed by atoms with Crippen LogP contribution in [0.4, 0.5) is 0 Å². The monoisotopic (exact) mass is 202 g/mol. The van der Waals surface area contributed by atoms with Crippen LogP contribution in [0.5, 0.6) is 0 Å². The van der Waals surface area contributed by atoms with Crippen molar-refractivity contribution >= 4 is 0 Å². The zero-order valence-corrected chi connectivity index (χ0v) is 9.51. The van der Waals surface area contributed by atoms with E-state index in [1.165, 1.54) is 0 Å². The Bertz CT molecular complexity index is 179. The Balaban J connectivity index is 2.39. The Hall–Kier alpha value is -0.120. The Labute approximate surface area is 86.4 Å². The molecule has 1 aliphatic rings. The lowest BCUT2D eigenvalue weighted by atomic mass is 9.81. The zero-order chi connectivity index (χ0) is 10.7. The summed E-state index contributed by atoms with van der Waals surface area (Å²) in [5, 5.41) is 10.3. The standard InChI is InChI=1S/C11H22O3/c1-10(2)9-11(12,6-8-14-10)5-4-7-13-3/h12H,4-9H2,1-3H3. The maximum absolute atomic E-state index is 10.3. The molecule has 3 nitrogen and oxygen atoms in total. The normalized spacial score (nSPS) is 31.7. The van der Waals surface area contributed by atoms with Gasteiger partial charge >= 0.3 is 0 Å². The summed E-state index contributed by atoms with van der Waals surface area (Å²) in [4.78, 5) is 0. The Morgan fingerprint density at radius 2 is 2.14 bits per heavy atom. The molecule has 84 valence electrons. The highest BCUT2D eigenvalue weighted by Crippen LogP contribution is 2.34. The van der Waals surface area contributed by atoms with Gasteiger partial charge in [-0.25, -0.2) is 0 Å². The molecule has 0 aliphatic carbocycles. The Morgan fingerprint density at radius 3 is 2.71 bits per heavy atom. The smallest absolute Gasteiger partial charge is 0.0697 e. The first-order valence-electron chi connectivity index (χ1n) is 5.33. The van der Waals surface area contributed by atoms with Gasteiger partial charge in [-0.15, -0.1) is 0 Å². The number of methoxy groups -OCH3 is 1. The Morgan fingerprint density at radius 1 is 1.43 bits per heavy atom. The summed E-state index contributed by atoms with van der Waals surface area (Å²) >= 11 is 0. The van der Waals surface area contributed by atoms with E-state index < -0.39 is 5.60 Å². The number of aliphatic hydroxyl groups is 1. The topological polar surface area (TPSA) is 38.7 Å². The quantitative estimate of drug-likeness (QED) is 0.706. The molecule has 0 spiro atoms. The van der Waals surface area contributed by atoms with E-state index in [2.05, 4.69) is 0 Å². The molecule has 0 saturated carbocycles.